The van der Waals surface area contributed by atoms with Gasteiger partial charge in [0.1, 0.15) is 0 Å². The van der Waals surface area contributed by atoms with E-state index in [4.69, 9.17) is 11.6 Å². The number of hydrogen-bond acceptors (Lipinski definition) is 3. The Bertz CT molecular complexity index is 1080. The zero-order valence-electron chi connectivity index (χ0n) is 15.1. The van der Waals surface area contributed by atoms with E-state index >= 15 is 0 Å². The molecule has 0 aliphatic heterocycles. The number of amides is 2. The van der Waals surface area contributed by atoms with Gasteiger partial charge >= 0.3 is 6.03 Å². The lowest BCUT2D eigenvalue weighted by Gasteiger charge is -2.12. The van der Waals surface area contributed by atoms with Crippen LogP contribution in [0.25, 0.3) is 0 Å². The third-order valence-corrected chi connectivity index (χ3v) is 6.16. The minimum Gasteiger partial charge on any atom is -0.308 e. The van der Waals surface area contributed by atoms with Gasteiger partial charge in [0.05, 0.1) is 10.6 Å². The van der Waals surface area contributed by atoms with Crippen molar-refractivity contribution in [2.45, 2.75) is 17.6 Å². The lowest BCUT2D eigenvalue weighted by molar-refractivity contribution is 0.262. The minimum absolute atomic E-state index is 0.102. The third kappa shape index (κ3) is 5.12. The average molecular weight is 415 g/mol. The highest BCUT2D eigenvalue weighted by molar-refractivity contribution is 7.90. The summed E-state index contributed by atoms with van der Waals surface area (Å²) in [5.41, 5.74) is 2.30. The Balaban J connectivity index is 1.77. The van der Waals surface area contributed by atoms with Crippen LogP contribution >= 0.6 is 11.6 Å². The first-order chi connectivity index (χ1) is 13.3. The predicted molar refractivity (Wildman–Crippen MR) is 113 cm³/mol. The quantitative estimate of drug-likeness (QED) is 0.597. The summed E-state index contributed by atoms with van der Waals surface area (Å²) in [4.78, 5) is 12.4. The van der Waals surface area contributed by atoms with Gasteiger partial charge in [-0.05, 0) is 54.4 Å². The van der Waals surface area contributed by atoms with Gasteiger partial charge in [-0.2, -0.15) is 0 Å². The molecular weight excluding hydrogens is 396 g/mol. The van der Waals surface area contributed by atoms with E-state index in [9.17, 15) is 13.2 Å². The molecule has 144 valence electrons. The second-order valence-corrected chi connectivity index (χ2v) is 8.71. The molecule has 0 atom stereocenters. The van der Waals surface area contributed by atoms with Crippen LogP contribution in [0, 0.1) is 6.92 Å². The fraction of sp³-hybridized carbons (Fsp3) is 0.0952. The van der Waals surface area contributed by atoms with Gasteiger partial charge in [0.2, 0.25) is 0 Å². The molecule has 0 unspecified atom stereocenters. The molecule has 7 heteroatoms. The first-order valence-corrected chi connectivity index (χ1v) is 10.6. The molecule has 0 heterocycles. The van der Waals surface area contributed by atoms with Gasteiger partial charge in [0, 0.05) is 16.4 Å². The minimum atomic E-state index is -3.55. The summed E-state index contributed by atoms with van der Waals surface area (Å²) in [6.45, 7) is 1.73. The molecule has 0 saturated heterocycles. The molecule has 2 N–H and O–H groups in total. The van der Waals surface area contributed by atoms with E-state index in [0.29, 0.717) is 27.5 Å². The monoisotopic (exact) mass is 414 g/mol. The van der Waals surface area contributed by atoms with Gasteiger partial charge in [0.25, 0.3) is 0 Å². The number of carbonyl (C=O) groups is 1. The number of anilines is 2. The second kappa shape index (κ2) is 8.46. The maximum atomic E-state index is 12.8. The van der Waals surface area contributed by atoms with Crippen LogP contribution in [0.5, 0.6) is 0 Å². The third-order valence-electron chi connectivity index (χ3n) is 4.08. The van der Waals surface area contributed by atoms with E-state index in [-0.39, 0.29) is 10.6 Å². The summed E-state index contributed by atoms with van der Waals surface area (Å²) in [5, 5.41) is 5.90. The van der Waals surface area contributed by atoms with Crippen LogP contribution in [0.3, 0.4) is 0 Å². The molecule has 0 aliphatic rings. The van der Waals surface area contributed by atoms with Gasteiger partial charge < -0.3 is 10.6 Å². The van der Waals surface area contributed by atoms with Crippen LogP contribution in [-0.4, -0.2) is 14.4 Å². The van der Waals surface area contributed by atoms with Crippen LogP contribution in [0.15, 0.2) is 77.7 Å². The lowest BCUT2D eigenvalue weighted by atomic mass is 10.2. The molecule has 28 heavy (non-hydrogen) atoms. The molecule has 0 aromatic heterocycles. The molecule has 2 amide bonds. The number of nitrogens with one attached hydrogen (secondary N) is 2. The Labute approximate surface area is 169 Å². The fourth-order valence-electron chi connectivity index (χ4n) is 2.71. The van der Waals surface area contributed by atoms with E-state index in [2.05, 4.69) is 10.6 Å². The fourth-order valence-corrected chi connectivity index (χ4v) is 4.49. The number of aryl methyl sites for hydroxylation is 1. The van der Waals surface area contributed by atoms with Gasteiger partial charge in [-0.1, -0.05) is 48.0 Å². The summed E-state index contributed by atoms with van der Waals surface area (Å²) in [7, 11) is -3.55. The number of carbonyl (C=O) groups excluding carboxylic acids is 1. The standard InChI is InChI=1S/C21H19ClN2O3S/c1-15-7-10-19(24-21(25)23-18-11-8-17(22)9-12-18)13-20(15)28(26,27)14-16-5-3-2-4-6-16/h2-13H,14H2,1H3,(H2,23,24,25). The zero-order chi connectivity index (χ0) is 20.1. The Kier molecular flexibility index (Phi) is 6.02. The van der Waals surface area contributed by atoms with Gasteiger partial charge in [-0.15, -0.1) is 0 Å². The summed E-state index contributed by atoms with van der Waals surface area (Å²) in [6, 6.07) is 20.0. The largest absolute Gasteiger partial charge is 0.323 e. The lowest BCUT2D eigenvalue weighted by Crippen LogP contribution is -2.19. The molecule has 0 aliphatic carbocycles. The molecule has 5 nitrogen and oxygen atoms in total. The van der Waals surface area contributed by atoms with Crippen LogP contribution in [0.4, 0.5) is 16.2 Å². The van der Waals surface area contributed by atoms with Gasteiger partial charge in [-0.3, -0.25) is 0 Å². The van der Waals surface area contributed by atoms with E-state index in [1.54, 1.807) is 67.6 Å². The molecular formula is C21H19ClN2O3S. The van der Waals surface area contributed by atoms with Crippen molar-refractivity contribution in [3.63, 3.8) is 0 Å². The highest BCUT2D eigenvalue weighted by Gasteiger charge is 2.19. The van der Waals surface area contributed by atoms with Crippen molar-refractivity contribution in [3.05, 3.63) is 88.9 Å². The zero-order valence-corrected chi connectivity index (χ0v) is 16.7. The van der Waals surface area contributed by atoms with Crippen molar-refractivity contribution < 1.29 is 13.2 Å². The highest BCUT2D eigenvalue weighted by atomic mass is 35.5. The summed E-state index contributed by atoms with van der Waals surface area (Å²) in [5.74, 6) is -0.102. The summed E-state index contributed by atoms with van der Waals surface area (Å²) in [6.07, 6.45) is 0. The summed E-state index contributed by atoms with van der Waals surface area (Å²) >= 11 is 5.83. The molecule has 3 aromatic rings. The Morgan fingerprint density at radius 2 is 1.50 bits per heavy atom. The maximum Gasteiger partial charge on any atom is 0.323 e. The Morgan fingerprint density at radius 1 is 0.893 bits per heavy atom. The molecule has 3 rings (SSSR count). The van der Waals surface area contributed by atoms with Crippen LogP contribution in [0.1, 0.15) is 11.1 Å². The first-order valence-electron chi connectivity index (χ1n) is 8.54. The van der Waals surface area contributed by atoms with Crippen LogP contribution < -0.4 is 10.6 Å². The number of hydrogen-bond donors (Lipinski definition) is 2. The topological polar surface area (TPSA) is 75.3 Å². The smallest absolute Gasteiger partial charge is 0.308 e. The van der Waals surface area contributed by atoms with Crippen molar-refractivity contribution in [1.29, 1.82) is 0 Å². The van der Waals surface area contributed by atoms with Gasteiger partial charge in [-0.25, -0.2) is 13.2 Å². The van der Waals surface area contributed by atoms with Crippen molar-refractivity contribution in [3.8, 4) is 0 Å². The number of rotatable bonds is 5. The van der Waals surface area contributed by atoms with E-state index in [0.717, 1.165) is 0 Å². The van der Waals surface area contributed by atoms with Crippen LogP contribution in [0.2, 0.25) is 5.02 Å². The van der Waals surface area contributed by atoms with E-state index in [1.807, 2.05) is 6.07 Å². The molecule has 0 bridgehead atoms. The SMILES string of the molecule is Cc1ccc(NC(=O)Nc2ccc(Cl)cc2)cc1S(=O)(=O)Cc1ccccc1. The van der Waals surface area contributed by atoms with Crippen molar-refractivity contribution in [2.24, 2.45) is 0 Å². The Hall–Kier alpha value is -2.83. The number of benzene rings is 3. The second-order valence-electron chi connectivity index (χ2n) is 6.31. The maximum absolute atomic E-state index is 12.8. The number of halogens is 1. The summed E-state index contributed by atoms with van der Waals surface area (Å²) < 4.78 is 25.7. The molecule has 0 spiro atoms. The van der Waals surface area contributed by atoms with E-state index < -0.39 is 15.9 Å². The van der Waals surface area contributed by atoms with Gasteiger partial charge in [0.15, 0.2) is 9.84 Å². The molecule has 0 fully saturated rings. The normalized spacial score (nSPS) is 11.1. The predicted octanol–water partition coefficient (Wildman–Crippen LogP) is 5.27. The molecule has 0 saturated carbocycles. The van der Waals surface area contributed by atoms with Crippen LogP contribution in [-0.2, 0) is 15.6 Å². The average Bonchev–Trinajstić information content (AvgIpc) is 2.65. The van der Waals surface area contributed by atoms with E-state index in [1.165, 1.54) is 6.07 Å². The van der Waals surface area contributed by atoms with Crippen molar-refractivity contribution in [2.75, 3.05) is 10.6 Å². The highest BCUT2D eigenvalue weighted by Crippen LogP contribution is 2.24. The Morgan fingerprint density at radius 3 is 2.18 bits per heavy atom. The van der Waals surface area contributed by atoms with Crippen molar-refractivity contribution in [1.82, 2.24) is 0 Å². The first kappa shape index (κ1) is 19.9. The molecule has 0 radical (unpaired) electrons. The van der Waals surface area contributed by atoms with Crippen molar-refractivity contribution >= 4 is 38.8 Å². The number of urea groups is 1. The number of sulfone groups is 1. The molecule has 3 aromatic carbocycles.